The molecule has 0 saturated carbocycles. The van der Waals surface area contributed by atoms with Crippen molar-refractivity contribution in [2.45, 2.75) is 24.3 Å². The molecule has 2 unspecified atom stereocenters. The first-order valence-corrected chi connectivity index (χ1v) is 9.77. The number of amides is 1. The Morgan fingerprint density at radius 1 is 0.935 bits per heavy atom. The molecule has 1 heterocycles. The number of alkyl halides is 6. The number of benzene rings is 2. The van der Waals surface area contributed by atoms with Gasteiger partial charge >= 0.3 is 12.4 Å². The molecule has 0 bridgehead atoms. The summed E-state index contributed by atoms with van der Waals surface area (Å²) >= 11 is 12.0. The fourth-order valence-electron chi connectivity index (χ4n) is 3.59. The van der Waals surface area contributed by atoms with Crippen molar-refractivity contribution in [3.63, 3.8) is 0 Å². The molecule has 1 aliphatic rings. The third-order valence-electron chi connectivity index (χ3n) is 5.21. The smallest absolute Gasteiger partial charge is 0.337 e. The minimum Gasteiger partial charge on any atom is -0.337 e. The Kier molecular flexibility index (Phi) is 6.51. The highest BCUT2D eigenvalue weighted by molar-refractivity contribution is 6.42. The van der Waals surface area contributed by atoms with Gasteiger partial charge in [0.15, 0.2) is 0 Å². The van der Waals surface area contributed by atoms with Gasteiger partial charge in [-0.05, 0) is 35.9 Å². The van der Waals surface area contributed by atoms with Gasteiger partial charge < -0.3 is 10.2 Å². The molecule has 0 spiro atoms. The molecular formula is C20H16Cl2F6N2O. The molecule has 2 aromatic carbocycles. The Bertz CT molecular complexity index is 960. The van der Waals surface area contributed by atoms with E-state index in [1.807, 2.05) is 0 Å². The van der Waals surface area contributed by atoms with Crippen LogP contribution in [0.3, 0.4) is 0 Å². The van der Waals surface area contributed by atoms with Crippen molar-refractivity contribution in [3.05, 3.63) is 68.7 Å². The van der Waals surface area contributed by atoms with Crippen molar-refractivity contribution in [2.24, 2.45) is 0 Å². The van der Waals surface area contributed by atoms with Crippen molar-refractivity contribution in [3.8, 4) is 0 Å². The van der Waals surface area contributed by atoms with Gasteiger partial charge in [-0.1, -0.05) is 29.3 Å². The van der Waals surface area contributed by atoms with E-state index >= 15 is 0 Å². The summed E-state index contributed by atoms with van der Waals surface area (Å²) in [6.07, 6.45) is -10.1. The van der Waals surface area contributed by atoms with Crippen LogP contribution in [0, 0.1) is 0 Å². The van der Waals surface area contributed by atoms with Crippen molar-refractivity contribution < 1.29 is 31.1 Å². The monoisotopic (exact) mass is 484 g/mol. The average molecular weight is 485 g/mol. The Morgan fingerprint density at radius 2 is 1.52 bits per heavy atom. The van der Waals surface area contributed by atoms with E-state index in [0.717, 1.165) is 10.5 Å². The molecule has 1 N–H and O–H groups in total. The van der Waals surface area contributed by atoms with Gasteiger partial charge in [-0.25, -0.2) is 0 Å². The van der Waals surface area contributed by atoms with Gasteiger partial charge in [0.05, 0.1) is 27.2 Å². The van der Waals surface area contributed by atoms with Crippen molar-refractivity contribution >= 4 is 29.1 Å². The summed E-state index contributed by atoms with van der Waals surface area (Å²) in [5.74, 6) is -1.23. The fraction of sp³-hybridized carbons (Fsp3) is 0.350. The van der Waals surface area contributed by atoms with Crippen LogP contribution in [0.4, 0.5) is 26.3 Å². The summed E-state index contributed by atoms with van der Waals surface area (Å²) in [5, 5.41) is 3.72. The molecule has 0 aliphatic carbocycles. The first-order valence-electron chi connectivity index (χ1n) is 9.01. The summed E-state index contributed by atoms with van der Waals surface area (Å²) in [5.41, 5.74) is -3.03. The van der Waals surface area contributed by atoms with Crippen LogP contribution in [0.25, 0.3) is 0 Å². The van der Waals surface area contributed by atoms with Crippen LogP contribution in [-0.2, 0) is 12.4 Å². The lowest BCUT2D eigenvalue weighted by Crippen LogP contribution is -2.41. The zero-order valence-electron chi connectivity index (χ0n) is 15.9. The van der Waals surface area contributed by atoms with Crippen LogP contribution in [0.15, 0.2) is 36.4 Å². The second-order valence-corrected chi connectivity index (χ2v) is 8.03. The summed E-state index contributed by atoms with van der Waals surface area (Å²) in [6.45, 7) is 0.745. The third kappa shape index (κ3) is 5.10. The minimum absolute atomic E-state index is 0.00752. The highest BCUT2D eigenvalue weighted by atomic mass is 35.5. The molecule has 2 aromatic rings. The minimum atomic E-state index is -5.04. The van der Waals surface area contributed by atoms with E-state index in [0.29, 0.717) is 35.3 Å². The molecule has 11 heteroatoms. The van der Waals surface area contributed by atoms with E-state index in [1.54, 1.807) is 18.2 Å². The molecule has 0 radical (unpaired) electrons. The number of carbonyl (C=O) groups is 1. The lowest BCUT2D eigenvalue weighted by atomic mass is 9.93. The number of nitrogens with zero attached hydrogens (tertiary/aromatic N) is 1. The first-order chi connectivity index (χ1) is 14.3. The zero-order valence-corrected chi connectivity index (χ0v) is 17.4. The molecule has 3 nitrogen and oxygen atoms in total. The predicted molar refractivity (Wildman–Crippen MR) is 104 cm³/mol. The molecule has 168 valence electrons. The maximum atomic E-state index is 13.1. The van der Waals surface area contributed by atoms with Gasteiger partial charge in [0.1, 0.15) is 0 Å². The van der Waals surface area contributed by atoms with E-state index in [2.05, 4.69) is 5.32 Å². The molecule has 0 aromatic heterocycles. The number of hydrogen-bond acceptors (Lipinski definition) is 2. The molecule has 2 atom stereocenters. The highest BCUT2D eigenvalue weighted by Gasteiger charge is 2.39. The normalized spacial score (nSPS) is 19.5. The van der Waals surface area contributed by atoms with Crippen molar-refractivity contribution in [1.82, 2.24) is 10.2 Å². The van der Waals surface area contributed by atoms with Crippen LogP contribution in [-0.4, -0.2) is 37.0 Å². The van der Waals surface area contributed by atoms with Crippen molar-refractivity contribution in [1.29, 1.82) is 0 Å². The van der Waals surface area contributed by atoms with Crippen LogP contribution >= 0.6 is 23.2 Å². The van der Waals surface area contributed by atoms with Gasteiger partial charge in [0, 0.05) is 31.6 Å². The Labute approximate surface area is 183 Å². The highest BCUT2D eigenvalue weighted by Crippen LogP contribution is 2.37. The number of likely N-dealkylation sites (N-methyl/N-ethyl adjacent to an activating group) is 1. The van der Waals surface area contributed by atoms with E-state index in [-0.39, 0.29) is 12.0 Å². The number of halogens is 8. The Balaban J connectivity index is 1.95. The molecule has 1 saturated heterocycles. The van der Waals surface area contributed by atoms with Gasteiger partial charge in [-0.3, -0.25) is 4.79 Å². The first kappa shape index (κ1) is 23.7. The zero-order chi connectivity index (χ0) is 23.1. The lowest BCUT2D eigenvalue weighted by molar-refractivity contribution is -0.143. The summed E-state index contributed by atoms with van der Waals surface area (Å²) in [7, 11) is 1.35. The molecule has 31 heavy (non-hydrogen) atoms. The molecule has 3 rings (SSSR count). The van der Waals surface area contributed by atoms with Gasteiger partial charge in [0.2, 0.25) is 0 Å². The standard InChI is InChI=1S/C20H16Cl2F6N2O/c1-30(17-9-29-8-14(17)10-2-3-15(21)16(22)6-10)18(31)11-4-12(19(23,24)25)7-13(5-11)20(26,27)28/h2-7,14,17,29H,8-9H2,1H3. The molecule has 1 fully saturated rings. The summed E-state index contributed by atoms with van der Waals surface area (Å²) in [6, 6.07) is 5.26. The van der Waals surface area contributed by atoms with Crippen LogP contribution in [0.2, 0.25) is 10.0 Å². The van der Waals surface area contributed by atoms with Crippen molar-refractivity contribution in [2.75, 3.05) is 20.1 Å². The van der Waals surface area contributed by atoms with Crippen LogP contribution < -0.4 is 5.32 Å². The lowest BCUT2D eigenvalue weighted by Gasteiger charge is -2.30. The maximum Gasteiger partial charge on any atom is 0.416 e. The molecule has 1 amide bonds. The quantitative estimate of drug-likeness (QED) is 0.553. The van der Waals surface area contributed by atoms with E-state index < -0.39 is 41.0 Å². The fourth-order valence-corrected chi connectivity index (χ4v) is 3.89. The second-order valence-electron chi connectivity index (χ2n) is 7.22. The van der Waals surface area contributed by atoms with Crippen LogP contribution in [0.5, 0.6) is 0 Å². The second kappa shape index (κ2) is 8.52. The molecular weight excluding hydrogens is 469 g/mol. The van der Waals surface area contributed by atoms with Crippen LogP contribution in [0.1, 0.15) is 33.0 Å². The number of nitrogens with one attached hydrogen (secondary N) is 1. The number of rotatable bonds is 3. The Hall–Kier alpha value is -1.97. The van der Waals surface area contributed by atoms with E-state index in [9.17, 15) is 31.1 Å². The number of hydrogen-bond donors (Lipinski definition) is 1. The summed E-state index contributed by atoms with van der Waals surface area (Å²) < 4.78 is 78.8. The summed E-state index contributed by atoms with van der Waals surface area (Å²) in [4.78, 5) is 14.1. The van der Waals surface area contributed by atoms with Gasteiger partial charge in [-0.2, -0.15) is 26.3 Å². The van der Waals surface area contributed by atoms with E-state index in [1.165, 1.54) is 7.05 Å². The Morgan fingerprint density at radius 3 is 2.03 bits per heavy atom. The average Bonchev–Trinajstić information content (AvgIpc) is 3.17. The maximum absolute atomic E-state index is 13.1. The topological polar surface area (TPSA) is 32.3 Å². The van der Waals surface area contributed by atoms with E-state index in [4.69, 9.17) is 23.2 Å². The predicted octanol–water partition coefficient (Wildman–Crippen LogP) is 5.86. The molecule has 1 aliphatic heterocycles. The number of carbonyl (C=O) groups excluding carboxylic acids is 1. The van der Waals surface area contributed by atoms with Gasteiger partial charge in [-0.15, -0.1) is 0 Å². The third-order valence-corrected chi connectivity index (χ3v) is 5.95. The van der Waals surface area contributed by atoms with Gasteiger partial charge in [0.25, 0.3) is 5.91 Å². The SMILES string of the molecule is CN(C(=O)c1cc(C(F)(F)F)cc(C(F)(F)F)c1)C1CNCC1c1ccc(Cl)c(Cl)c1. The largest absolute Gasteiger partial charge is 0.416 e.